The van der Waals surface area contributed by atoms with Crippen molar-refractivity contribution in [3.63, 3.8) is 0 Å². The van der Waals surface area contributed by atoms with Gasteiger partial charge in [0.1, 0.15) is 12.2 Å². The van der Waals surface area contributed by atoms with Crippen molar-refractivity contribution >= 4 is 11.9 Å². The van der Waals surface area contributed by atoms with Crippen LogP contribution in [0.5, 0.6) is 0 Å². The van der Waals surface area contributed by atoms with Gasteiger partial charge >= 0.3 is 11.9 Å². The van der Waals surface area contributed by atoms with Crippen LogP contribution in [0.25, 0.3) is 0 Å². The molecule has 0 bridgehead atoms. The van der Waals surface area contributed by atoms with Crippen molar-refractivity contribution in [1.29, 1.82) is 0 Å². The fraction of sp³-hybridized carbons (Fsp3) is 0.913. The molecule has 4 fully saturated rings. The van der Waals surface area contributed by atoms with E-state index in [1.54, 1.807) is 6.92 Å². The number of fused-ring (bicyclic) bond motifs is 5. The first-order chi connectivity index (χ1) is 12.7. The van der Waals surface area contributed by atoms with Crippen molar-refractivity contribution < 1.29 is 19.1 Å². The molecule has 27 heavy (non-hydrogen) atoms. The third-order valence-corrected chi connectivity index (χ3v) is 9.17. The number of carbonyl (C=O) groups is 2. The zero-order valence-electron chi connectivity index (χ0n) is 17.5. The average Bonchev–Trinajstić information content (AvgIpc) is 2.91. The Morgan fingerprint density at radius 3 is 2.15 bits per heavy atom. The van der Waals surface area contributed by atoms with Gasteiger partial charge in [0.2, 0.25) is 0 Å². The topological polar surface area (TPSA) is 52.6 Å². The quantitative estimate of drug-likeness (QED) is 0.644. The number of hydrogen-bond donors (Lipinski definition) is 0. The molecule has 0 unspecified atom stereocenters. The number of carbonyl (C=O) groups excluding carboxylic acids is 2. The second-order valence-electron chi connectivity index (χ2n) is 10.4. The van der Waals surface area contributed by atoms with E-state index in [0.29, 0.717) is 17.3 Å². The summed E-state index contributed by atoms with van der Waals surface area (Å²) in [5.74, 6) is 2.69. The van der Waals surface area contributed by atoms with E-state index < -0.39 is 0 Å². The maximum atomic E-state index is 11.6. The minimum atomic E-state index is -0.131. The van der Waals surface area contributed by atoms with Crippen LogP contribution in [-0.2, 0) is 19.1 Å². The van der Waals surface area contributed by atoms with E-state index in [9.17, 15) is 9.59 Å². The SMILES string of the molecule is CC(=O)O[C@H]1CC[C@@]2(C)[C@@H](CC[C@@H]3[C@@H]2CC[C@@]2(C)[C@H](OC(C)=O)CC[C@@H]32)C1. The first kappa shape index (κ1) is 19.3. The van der Waals surface area contributed by atoms with E-state index in [0.717, 1.165) is 31.1 Å². The molecule has 0 radical (unpaired) electrons. The molecular formula is C23H36O4. The van der Waals surface area contributed by atoms with Gasteiger partial charge in [-0.15, -0.1) is 0 Å². The van der Waals surface area contributed by atoms with Crippen molar-refractivity contribution in [2.75, 3.05) is 0 Å². The van der Waals surface area contributed by atoms with Crippen molar-refractivity contribution in [3.8, 4) is 0 Å². The van der Waals surface area contributed by atoms with Crippen molar-refractivity contribution in [2.24, 2.45) is 34.5 Å². The zero-order chi connectivity index (χ0) is 19.4. The van der Waals surface area contributed by atoms with Crippen LogP contribution < -0.4 is 0 Å². The Hall–Kier alpha value is -1.06. The zero-order valence-corrected chi connectivity index (χ0v) is 17.5. The Morgan fingerprint density at radius 2 is 1.44 bits per heavy atom. The van der Waals surface area contributed by atoms with Crippen LogP contribution in [0.1, 0.15) is 85.5 Å². The summed E-state index contributed by atoms with van der Waals surface area (Å²) in [5.41, 5.74) is 0.561. The predicted octanol–water partition coefficient (Wildman–Crippen LogP) is 4.89. The molecular weight excluding hydrogens is 340 g/mol. The summed E-state index contributed by atoms with van der Waals surface area (Å²) in [6.07, 6.45) is 10.8. The molecule has 0 aromatic carbocycles. The third-order valence-electron chi connectivity index (χ3n) is 9.17. The summed E-state index contributed by atoms with van der Waals surface area (Å²) >= 11 is 0. The summed E-state index contributed by atoms with van der Waals surface area (Å²) < 4.78 is 11.3. The maximum absolute atomic E-state index is 11.6. The monoisotopic (exact) mass is 376 g/mol. The Labute approximate surface area is 163 Å². The first-order valence-electron chi connectivity index (χ1n) is 11.1. The van der Waals surface area contributed by atoms with Crippen LogP contribution in [0.2, 0.25) is 0 Å². The largest absolute Gasteiger partial charge is 0.463 e. The molecule has 4 nitrogen and oxygen atoms in total. The highest BCUT2D eigenvalue weighted by molar-refractivity contribution is 5.66. The molecule has 0 aromatic heterocycles. The highest BCUT2D eigenvalue weighted by atomic mass is 16.5. The van der Waals surface area contributed by atoms with Crippen LogP contribution in [0, 0.1) is 34.5 Å². The lowest BCUT2D eigenvalue weighted by molar-refractivity contribution is -0.167. The fourth-order valence-electron chi connectivity index (χ4n) is 7.91. The first-order valence-corrected chi connectivity index (χ1v) is 11.1. The normalized spacial score (nSPS) is 48.7. The van der Waals surface area contributed by atoms with E-state index in [2.05, 4.69) is 13.8 Å². The molecule has 4 saturated carbocycles. The molecule has 152 valence electrons. The van der Waals surface area contributed by atoms with Gasteiger partial charge in [-0.25, -0.2) is 0 Å². The van der Waals surface area contributed by atoms with Crippen LogP contribution >= 0.6 is 0 Å². The second-order valence-corrected chi connectivity index (χ2v) is 10.4. The maximum Gasteiger partial charge on any atom is 0.302 e. The molecule has 8 atom stereocenters. The molecule has 4 rings (SSSR count). The minimum absolute atomic E-state index is 0.117. The minimum Gasteiger partial charge on any atom is -0.463 e. The Balaban J connectivity index is 1.51. The van der Waals surface area contributed by atoms with E-state index in [4.69, 9.17) is 9.47 Å². The van der Waals surface area contributed by atoms with Gasteiger partial charge in [-0.05, 0) is 86.9 Å². The molecule has 0 spiro atoms. The molecule has 4 aliphatic rings. The molecule has 0 saturated heterocycles. The number of esters is 2. The van der Waals surface area contributed by atoms with Crippen LogP contribution in [0.15, 0.2) is 0 Å². The lowest BCUT2D eigenvalue weighted by Crippen LogP contribution is -2.54. The summed E-state index contributed by atoms with van der Waals surface area (Å²) in [5, 5.41) is 0. The molecule has 4 heteroatoms. The lowest BCUT2D eigenvalue weighted by Gasteiger charge is -2.60. The van der Waals surface area contributed by atoms with Gasteiger partial charge in [0.25, 0.3) is 0 Å². The van der Waals surface area contributed by atoms with Gasteiger partial charge in [-0.2, -0.15) is 0 Å². The number of ether oxygens (including phenoxy) is 2. The van der Waals surface area contributed by atoms with Gasteiger partial charge < -0.3 is 9.47 Å². The van der Waals surface area contributed by atoms with Crippen molar-refractivity contribution in [2.45, 2.75) is 97.7 Å². The second kappa shape index (κ2) is 6.77. The standard InChI is InChI=1S/C23H36O4/c1-14(24)26-17-9-11-22(3)16(13-17)5-6-18-19-7-8-21(27-15(2)25)23(19,4)12-10-20(18)22/h16-21H,5-13H2,1-4H3/t16-,17-,18-,19-,20-,21+,22-,23+/m0/s1. The van der Waals surface area contributed by atoms with E-state index in [-0.39, 0.29) is 29.6 Å². The predicted molar refractivity (Wildman–Crippen MR) is 103 cm³/mol. The smallest absolute Gasteiger partial charge is 0.302 e. The van der Waals surface area contributed by atoms with Gasteiger partial charge in [-0.3, -0.25) is 9.59 Å². The van der Waals surface area contributed by atoms with Crippen LogP contribution in [-0.4, -0.2) is 24.1 Å². The van der Waals surface area contributed by atoms with Gasteiger partial charge in [0.15, 0.2) is 0 Å². The fourth-order valence-corrected chi connectivity index (χ4v) is 7.91. The molecule has 0 amide bonds. The number of rotatable bonds is 2. The highest BCUT2D eigenvalue weighted by Gasteiger charge is 2.61. The van der Waals surface area contributed by atoms with E-state index >= 15 is 0 Å². The third kappa shape index (κ3) is 3.11. The summed E-state index contributed by atoms with van der Waals surface area (Å²) in [6.45, 7) is 8.00. The van der Waals surface area contributed by atoms with Crippen molar-refractivity contribution in [1.82, 2.24) is 0 Å². The Morgan fingerprint density at radius 1 is 0.778 bits per heavy atom. The lowest BCUT2D eigenvalue weighted by atomic mass is 9.45. The van der Waals surface area contributed by atoms with E-state index in [1.807, 2.05) is 0 Å². The number of hydrogen-bond acceptors (Lipinski definition) is 4. The summed E-state index contributed by atoms with van der Waals surface area (Å²) in [6, 6.07) is 0. The Bertz CT molecular complexity index is 615. The van der Waals surface area contributed by atoms with Gasteiger partial charge in [0.05, 0.1) is 0 Å². The van der Waals surface area contributed by atoms with Gasteiger partial charge in [0, 0.05) is 19.3 Å². The molecule has 0 aromatic rings. The molecule has 0 N–H and O–H groups in total. The summed E-state index contributed by atoms with van der Waals surface area (Å²) in [4.78, 5) is 23.0. The van der Waals surface area contributed by atoms with Crippen LogP contribution in [0.3, 0.4) is 0 Å². The van der Waals surface area contributed by atoms with Gasteiger partial charge in [-0.1, -0.05) is 13.8 Å². The molecule has 0 heterocycles. The summed E-state index contributed by atoms with van der Waals surface area (Å²) in [7, 11) is 0. The molecule has 0 aliphatic heterocycles. The molecule has 4 aliphatic carbocycles. The van der Waals surface area contributed by atoms with E-state index in [1.165, 1.54) is 45.4 Å². The average molecular weight is 377 g/mol. The van der Waals surface area contributed by atoms with Crippen LogP contribution in [0.4, 0.5) is 0 Å². The Kier molecular flexibility index (Phi) is 4.83. The highest BCUT2D eigenvalue weighted by Crippen LogP contribution is 2.66. The van der Waals surface area contributed by atoms with Crippen molar-refractivity contribution in [3.05, 3.63) is 0 Å².